The van der Waals surface area contributed by atoms with Crippen LogP contribution in [0.5, 0.6) is 0 Å². The van der Waals surface area contributed by atoms with Crippen LogP contribution >= 0.6 is 27.5 Å². The second-order valence-corrected chi connectivity index (χ2v) is 8.99. The lowest BCUT2D eigenvalue weighted by Crippen LogP contribution is -2.39. The third kappa shape index (κ3) is 5.28. The van der Waals surface area contributed by atoms with E-state index in [0.717, 1.165) is 14.3 Å². The minimum absolute atomic E-state index is 0.142. The van der Waals surface area contributed by atoms with E-state index >= 15 is 0 Å². The SMILES string of the molecule is CN(Cc1cccc(Cl)c1)C(=O)CN(C)S(=O)(=O)c1ccc(Br)cc1. The highest BCUT2D eigenvalue weighted by Crippen LogP contribution is 2.18. The van der Waals surface area contributed by atoms with Gasteiger partial charge in [-0.25, -0.2) is 8.42 Å². The molecular formula is C17H18BrClN2O3S. The molecule has 25 heavy (non-hydrogen) atoms. The number of carbonyl (C=O) groups excluding carboxylic acids is 1. The molecule has 0 atom stereocenters. The van der Waals surface area contributed by atoms with Crippen molar-refractivity contribution >= 4 is 43.5 Å². The fourth-order valence-electron chi connectivity index (χ4n) is 2.18. The number of rotatable bonds is 6. The van der Waals surface area contributed by atoms with Gasteiger partial charge >= 0.3 is 0 Å². The van der Waals surface area contributed by atoms with E-state index in [0.29, 0.717) is 11.6 Å². The van der Waals surface area contributed by atoms with Crippen LogP contribution in [0.4, 0.5) is 0 Å². The van der Waals surface area contributed by atoms with Crippen LogP contribution in [-0.2, 0) is 21.4 Å². The predicted molar refractivity (Wildman–Crippen MR) is 102 cm³/mol. The van der Waals surface area contributed by atoms with Crippen LogP contribution in [-0.4, -0.2) is 44.2 Å². The topological polar surface area (TPSA) is 57.7 Å². The molecule has 0 bridgehead atoms. The van der Waals surface area contributed by atoms with Crippen molar-refractivity contribution in [2.75, 3.05) is 20.6 Å². The van der Waals surface area contributed by atoms with Crippen LogP contribution < -0.4 is 0 Å². The quantitative estimate of drug-likeness (QED) is 0.685. The Balaban J connectivity index is 2.04. The number of likely N-dealkylation sites (N-methyl/N-ethyl adjacent to an activating group) is 2. The van der Waals surface area contributed by atoms with Gasteiger partial charge in [-0.05, 0) is 42.0 Å². The molecule has 0 heterocycles. The fourth-order valence-corrected chi connectivity index (χ4v) is 3.78. The number of sulfonamides is 1. The van der Waals surface area contributed by atoms with Crippen LogP contribution in [0.1, 0.15) is 5.56 Å². The Morgan fingerprint density at radius 1 is 1.12 bits per heavy atom. The Hall–Kier alpha value is -1.41. The second kappa shape index (κ2) is 8.31. The summed E-state index contributed by atoms with van der Waals surface area (Å²) in [5.41, 5.74) is 0.877. The van der Waals surface area contributed by atoms with Gasteiger partial charge in [0.1, 0.15) is 0 Å². The highest BCUT2D eigenvalue weighted by atomic mass is 79.9. The third-order valence-corrected chi connectivity index (χ3v) is 6.20. The van der Waals surface area contributed by atoms with Crippen molar-refractivity contribution in [3.63, 3.8) is 0 Å². The van der Waals surface area contributed by atoms with Gasteiger partial charge in [-0.2, -0.15) is 4.31 Å². The summed E-state index contributed by atoms with van der Waals surface area (Å²) in [6, 6.07) is 13.5. The van der Waals surface area contributed by atoms with Crippen molar-refractivity contribution in [1.82, 2.24) is 9.21 Å². The number of benzene rings is 2. The Bertz CT molecular complexity index is 856. The molecule has 2 aromatic rings. The van der Waals surface area contributed by atoms with Gasteiger partial charge in [-0.1, -0.05) is 39.7 Å². The van der Waals surface area contributed by atoms with E-state index in [2.05, 4.69) is 15.9 Å². The zero-order valence-electron chi connectivity index (χ0n) is 13.8. The standard InChI is InChI=1S/C17H18BrClN2O3S/c1-20(11-13-4-3-5-15(19)10-13)17(22)12-21(2)25(23,24)16-8-6-14(18)7-9-16/h3-10H,11-12H2,1-2H3. The molecule has 0 aliphatic rings. The highest BCUT2D eigenvalue weighted by molar-refractivity contribution is 9.10. The first-order valence-corrected chi connectivity index (χ1v) is 10.0. The molecule has 8 heteroatoms. The summed E-state index contributed by atoms with van der Waals surface area (Å²) in [4.78, 5) is 14.0. The lowest BCUT2D eigenvalue weighted by atomic mass is 10.2. The van der Waals surface area contributed by atoms with E-state index in [1.165, 1.54) is 24.1 Å². The van der Waals surface area contributed by atoms with Crippen molar-refractivity contribution < 1.29 is 13.2 Å². The van der Waals surface area contributed by atoms with E-state index in [1.807, 2.05) is 6.07 Å². The van der Waals surface area contributed by atoms with Gasteiger partial charge in [-0.15, -0.1) is 0 Å². The van der Waals surface area contributed by atoms with Gasteiger partial charge < -0.3 is 4.90 Å². The van der Waals surface area contributed by atoms with Crippen molar-refractivity contribution in [3.05, 3.63) is 63.6 Å². The number of carbonyl (C=O) groups is 1. The molecule has 5 nitrogen and oxygen atoms in total. The maximum absolute atomic E-state index is 12.5. The molecule has 0 aliphatic heterocycles. The molecule has 0 saturated heterocycles. The molecule has 0 N–H and O–H groups in total. The monoisotopic (exact) mass is 444 g/mol. The number of hydrogen-bond acceptors (Lipinski definition) is 3. The number of nitrogens with zero attached hydrogens (tertiary/aromatic N) is 2. The van der Waals surface area contributed by atoms with Gasteiger partial charge in [0.25, 0.3) is 0 Å². The maximum atomic E-state index is 12.5. The Labute approximate surface area is 161 Å². The average Bonchev–Trinajstić information content (AvgIpc) is 2.55. The van der Waals surface area contributed by atoms with Gasteiger partial charge in [0.05, 0.1) is 11.4 Å². The minimum atomic E-state index is -3.72. The van der Waals surface area contributed by atoms with Crippen molar-refractivity contribution in [2.45, 2.75) is 11.4 Å². The summed E-state index contributed by atoms with van der Waals surface area (Å²) in [5.74, 6) is -0.303. The van der Waals surface area contributed by atoms with E-state index in [4.69, 9.17) is 11.6 Å². The van der Waals surface area contributed by atoms with Gasteiger partial charge in [0, 0.05) is 30.1 Å². The second-order valence-electron chi connectivity index (χ2n) is 5.59. The van der Waals surface area contributed by atoms with Gasteiger partial charge in [0.15, 0.2) is 0 Å². The first-order valence-electron chi connectivity index (χ1n) is 7.40. The van der Waals surface area contributed by atoms with E-state index in [-0.39, 0.29) is 17.3 Å². The van der Waals surface area contributed by atoms with E-state index < -0.39 is 10.0 Å². The maximum Gasteiger partial charge on any atom is 0.243 e. The molecule has 0 aliphatic carbocycles. The number of amides is 1. The summed E-state index contributed by atoms with van der Waals surface area (Å²) in [5, 5.41) is 0.591. The fraction of sp³-hybridized carbons (Fsp3) is 0.235. The van der Waals surface area contributed by atoms with Crippen molar-refractivity contribution in [3.8, 4) is 0 Å². The number of halogens is 2. The smallest absolute Gasteiger partial charge is 0.243 e. The van der Waals surface area contributed by atoms with Crippen molar-refractivity contribution in [2.24, 2.45) is 0 Å². The molecule has 0 aromatic heterocycles. The molecule has 2 aromatic carbocycles. The lowest BCUT2D eigenvalue weighted by Gasteiger charge is -2.22. The Morgan fingerprint density at radius 3 is 2.36 bits per heavy atom. The summed E-state index contributed by atoms with van der Waals surface area (Å²) in [6.45, 7) is 0.112. The molecule has 0 radical (unpaired) electrons. The predicted octanol–water partition coefficient (Wildman–Crippen LogP) is 3.38. The summed E-state index contributed by atoms with van der Waals surface area (Å²) in [6.07, 6.45) is 0. The molecule has 0 saturated carbocycles. The Morgan fingerprint density at radius 2 is 1.76 bits per heavy atom. The summed E-state index contributed by atoms with van der Waals surface area (Å²) in [7, 11) is -0.700. The third-order valence-electron chi connectivity index (χ3n) is 3.61. The molecule has 0 unspecified atom stereocenters. The molecule has 0 fully saturated rings. The molecule has 134 valence electrons. The molecular weight excluding hydrogens is 428 g/mol. The van der Waals surface area contributed by atoms with Crippen LogP contribution in [0.25, 0.3) is 0 Å². The lowest BCUT2D eigenvalue weighted by molar-refractivity contribution is -0.130. The average molecular weight is 446 g/mol. The van der Waals surface area contributed by atoms with Crippen LogP contribution in [0.2, 0.25) is 5.02 Å². The van der Waals surface area contributed by atoms with Crippen LogP contribution in [0, 0.1) is 0 Å². The minimum Gasteiger partial charge on any atom is -0.340 e. The van der Waals surface area contributed by atoms with E-state index in [9.17, 15) is 13.2 Å². The highest BCUT2D eigenvalue weighted by Gasteiger charge is 2.24. The summed E-state index contributed by atoms with van der Waals surface area (Å²) >= 11 is 9.20. The zero-order chi connectivity index (χ0) is 18.6. The molecule has 1 amide bonds. The largest absolute Gasteiger partial charge is 0.340 e. The summed E-state index contributed by atoms with van der Waals surface area (Å²) < 4.78 is 26.9. The first kappa shape index (κ1) is 19.9. The molecule has 0 spiro atoms. The van der Waals surface area contributed by atoms with Crippen molar-refractivity contribution in [1.29, 1.82) is 0 Å². The van der Waals surface area contributed by atoms with Crippen LogP contribution in [0.3, 0.4) is 0 Å². The van der Waals surface area contributed by atoms with Gasteiger partial charge in [-0.3, -0.25) is 4.79 Å². The zero-order valence-corrected chi connectivity index (χ0v) is 17.0. The van der Waals surface area contributed by atoms with E-state index in [1.54, 1.807) is 37.4 Å². The molecule has 2 rings (SSSR count). The normalized spacial score (nSPS) is 11.6. The Kier molecular flexibility index (Phi) is 6.62. The van der Waals surface area contributed by atoms with Gasteiger partial charge in [0.2, 0.25) is 15.9 Å². The number of hydrogen-bond donors (Lipinski definition) is 0. The first-order chi connectivity index (χ1) is 11.7. The van der Waals surface area contributed by atoms with Crippen LogP contribution in [0.15, 0.2) is 57.9 Å².